The molecule has 39 heavy (non-hydrogen) atoms. The average Bonchev–Trinajstić information content (AvgIpc) is 3.22. The standard InChI is InChI=1S/C27H21Cl2FN2O7/c1-39-18-4-2-3-17(33)20(18)21-14-9-10-15-19(23(35)32(38)22(15)34)16(14)11-26(28)24(36)31(25(37)27(21,26)29)13-7-5-12(30)6-8-13/h2-9,15-16,19,21,33,38H,10-11H2,1H3. The molecule has 2 heterocycles. The van der Waals surface area contributed by atoms with Crippen LogP contribution in [0.2, 0.25) is 0 Å². The molecule has 2 saturated heterocycles. The van der Waals surface area contributed by atoms with Crippen LogP contribution in [0.5, 0.6) is 11.5 Å². The minimum Gasteiger partial charge on any atom is -0.508 e. The first-order chi connectivity index (χ1) is 18.5. The summed E-state index contributed by atoms with van der Waals surface area (Å²) < 4.78 is 19.2. The van der Waals surface area contributed by atoms with E-state index in [-0.39, 0.29) is 40.7 Å². The molecule has 2 aromatic carbocycles. The highest BCUT2D eigenvalue weighted by atomic mass is 35.5. The normalized spacial score (nSPS) is 33.6. The zero-order valence-corrected chi connectivity index (χ0v) is 21.8. The second-order valence-electron chi connectivity index (χ2n) is 10.1. The molecule has 1 saturated carbocycles. The van der Waals surface area contributed by atoms with Crippen LogP contribution in [0.15, 0.2) is 54.1 Å². The number of imide groups is 2. The number of aromatic hydroxyl groups is 1. The van der Waals surface area contributed by atoms with Crippen LogP contribution in [0, 0.1) is 23.6 Å². The number of fused-ring (bicyclic) bond motifs is 4. The van der Waals surface area contributed by atoms with Gasteiger partial charge in [-0.3, -0.25) is 24.4 Å². The number of hydrogen-bond acceptors (Lipinski definition) is 7. The fraction of sp³-hybridized carbons (Fsp3) is 0.333. The predicted molar refractivity (Wildman–Crippen MR) is 135 cm³/mol. The largest absolute Gasteiger partial charge is 0.508 e. The smallest absolute Gasteiger partial charge is 0.258 e. The van der Waals surface area contributed by atoms with Crippen LogP contribution in [0.1, 0.15) is 24.3 Å². The number of alkyl halides is 2. The van der Waals surface area contributed by atoms with Crippen molar-refractivity contribution in [3.05, 3.63) is 65.5 Å². The van der Waals surface area contributed by atoms with Gasteiger partial charge in [0.25, 0.3) is 23.6 Å². The van der Waals surface area contributed by atoms with Crippen molar-refractivity contribution >= 4 is 52.5 Å². The molecule has 6 atom stereocenters. The molecule has 4 aliphatic rings. The molecule has 2 N–H and O–H groups in total. The number of allylic oxidation sites excluding steroid dienone is 2. The van der Waals surface area contributed by atoms with Crippen LogP contribution in [-0.2, 0) is 19.2 Å². The summed E-state index contributed by atoms with van der Waals surface area (Å²) >= 11 is 14.4. The minimum atomic E-state index is -2.22. The number of methoxy groups -OCH3 is 1. The molecule has 6 rings (SSSR count). The van der Waals surface area contributed by atoms with Gasteiger partial charge in [-0.05, 0) is 55.2 Å². The van der Waals surface area contributed by atoms with Crippen molar-refractivity contribution in [3.63, 3.8) is 0 Å². The van der Waals surface area contributed by atoms with Crippen LogP contribution in [0.25, 0.3) is 0 Å². The fourth-order valence-corrected chi connectivity index (χ4v) is 7.62. The van der Waals surface area contributed by atoms with E-state index in [2.05, 4.69) is 0 Å². The molecule has 0 radical (unpaired) electrons. The van der Waals surface area contributed by atoms with Crippen molar-refractivity contribution in [3.8, 4) is 11.5 Å². The van der Waals surface area contributed by atoms with Gasteiger partial charge in [0.1, 0.15) is 17.3 Å². The Morgan fingerprint density at radius 3 is 2.36 bits per heavy atom. The van der Waals surface area contributed by atoms with Crippen LogP contribution in [0.3, 0.4) is 0 Å². The summed E-state index contributed by atoms with van der Waals surface area (Å²) in [6.07, 6.45) is 1.40. The first kappa shape index (κ1) is 25.8. The number of amides is 4. The highest BCUT2D eigenvalue weighted by Gasteiger charge is 2.77. The fourth-order valence-electron chi connectivity index (χ4n) is 6.70. The summed E-state index contributed by atoms with van der Waals surface area (Å²) in [6.45, 7) is 0. The maximum Gasteiger partial charge on any atom is 0.258 e. The molecular formula is C27H21Cl2FN2O7. The minimum absolute atomic E-state index is 0.0346. The van der Waals surface area contributed by atoms with E-state index in [1.807, 2.05) is 0 Å². The van der Waals surface area contributed by atoms with Gasteiger partial charge >= 0.3 is 0 Å². The molecule has 2 aliphatic carbocycles. The van der Waals surface area contributed by atoms with Crippen molar-refractivity contribution in [1.82, 2.24) is 5.06 Å². The Bertz CT molecular complexity index is 1500. The number of hydroxylamine groups is 2. The average molecular weight is 575 g/mol. The molecule has 2 aromatic rings. The summed E-state index contributed by atoms with van der Waals surface area (Å²) in [5.41, 5.74) is 0.530. The van der Waals surface area contributed by atoms with Crippen LogP contribution < -0.4 is 9.64 Å². The first-order valence-corrected chi connectivity index (χ1v) is 12.9. The number of hydrogen-bond donors (Lipinski definition) is 2. The number of nitrogens with zero attached hydrogens (tertiary/aromatic N) is 2. The van der Waals surface area contributed by atoms with E-state index in [1.165, 1.54) is 31.4 Å². The summed E-state index contributed by atoms with van der Waals surface area (Å²) in [7, 11) is 1.36. The van der Waals surface area contributed by atoms with Gasteiger partial charge in [0.2, 0.25) is 0 Å². The lowest BCUT2D eigenvalue weighted by molar-refractivity contribution is -0.173. The molecule has 202 valence electrons. The van der Waals surface area contributed by atoms with Crippen LogP contribution >= 0.6 is 23.2 Å². The van der Waals surface area contributed by atoms with E-state index in [4.69, 9.17) is 27.9 Å². The molecule has 6 unspecified atom stereocenters. The van der Waals surface area contributed by atoms with Gasteiger partial charge in [0.15, 0.2) is 9.75 Å². The molecule has 0 spiro atoms. The van der Waals surface area contributed by atoms with Gasteiger partial charge in [-0.15, -0.1) is 23.2 Å². The lowest BCUT2D eigenvalue weighted by Gasteiger charge is -2.50. The van der Waals surface area contributed by atoms with E-state index in [1.54, 1.807) is 12.1 Å². The quantitative estimate of drug-likeness (QED) is 0.249. The highest BCUT2D eigenvalue weighted by Crippen LogP contribution is 2.67. The van der Waals surface area contributed by atoms with Crippen molar-refractivity contribution < 1.29 is 38.6 Å². The van der Waals surface area contributed by atoms with Gasteiger partial charge in [0, 0.05) is 11.5 Å². The lowest BCUT2D eigenvalue weighted by Crippen LogP contribution is -2.60. The Kier molecular flexibility index (Phi) is 5.63. The molecule has 0 bridgehead atoms. The monoisotopic (exact) mass is 574 g/mol. The van der Waals surface area contributed by atoms with Crippen molar-refractivity contribution in [2.24, 2.45) is 17.8 Å². The molecule has 9 nitrogen and oxygen atoms in total. The number of ether oxygens (including phenoxy) is 1. The molecular weight excluding hydrogens is 554 g/mol. The number of carbonyl (C=O) groups is 4. The van der Waals surface area contributed by atoms with Crippen molar-refractivity contribution in [2.45, 2.75) is 28.5 Å². The lowest BCUT2D eigenvalue weighted by atomic mass is 9.56. The number of rotatable bonds is 3. The molecule has 3 fully saturated rings. The number of phenolic OH excluding ortho intramolecular Hbond substituents is 1. The molecule has 12 heteroatoms. The SMILES string of the molecule is COc1cccc(O)c1C1C2=CCC3C(=O)N(O)C(=O)C3C2CC2(Cl)C(=O)N(c3ccc(F)cc3)C(=O)C12Cl. The third-order valence-corrected chi connectivity index (χ3v) is 9.84. The number of carbonyl (C=O) groups excluding carboxylic acids is 4. The van der Waals surface area contributed by atoms with E-state index < -0.39 is 62.9 Å². The van der Waals surface area contributed by atoms with Gasteiger partial charge < -0.3 is 9.84 Å². The summed E-state index contributed by atoms with van der Waals surface area (Å²) in [4.78, 5) is 50.3. The zero-order chi connectivity index (χ0) is 28.0. The molecule has 0 aromatic heterocycles. The topological polar surface area (TPSA) is 124 Å². The van der Waals surface area contributed by atoms with Gasteiger partial charge in [-0.1, -0.05) is 17.7 Å². The van der Waals surface area contributed by atoms with E-state index in [0.29, 0.717) is 5.57 Å². The number of halogens is 3. The second kappa shape index (κ2) is 8.51. The first-order valence-electron chi connectivity index (χ1n) is 12.1. The van der Waals surface area contributed by atoms with E-state index in [0.717, 1.165) is 17.0 Å². The summed E-state index contributed by atoms with van der Waals surface area (Å²) in [6, 6.07) is 9.06. The van der Waals surface area contributed by atoms with Crippen LogP contribution in [-0.4, -0.2) is 55.9 Å². The number of anilines is 1. The third-order valence-electron chi connectivity index (χ3n) is 8.42. The number of phenols is 1. The third kappa shape index (κ3) is 3.16. The summed E-state index contributed by atoms with van der Waals surface area (Å²) in [5, 5.41) is 21.3. The Morgan fingerprint density at radius 1 is 1.00 bits per heavy atom. The van der Waals surface area contributed by atoms with Crippen molar-refractivity contribution in [1.29, 1.82) is 0 Å². The van der Waals surface area contributed by atoms with Gasteiger partial charge in [0.05, 0.1) is 24.6 Å². The Balaban J connectivity index is 1.62. The molecule has 4 amide bonds. The van der Waals surface area contributed by atoms with E-state index >= 15 is 0 Å². The zero-order valence-electron chi connectivity index (χ0n) is 20.3. The Labute approximate surface area is 231 Å². The van der Waals surface area contributed by atoms with Crippen LogP contribution in [0.4, 0.5) is 10.1 Å². The molecule has 2 aliphatic heterocycles. The number of benzene rings is 2. The second-order valence-corrected chi connectivity index (χ2v) is 11.4. The Morgan fingerprint density at radius 2 is 1.69 bits per heavy atom. The van der Waals surface area contributed by atoms with Gasteiger partial charge in [-0.25, -0.2) is 9.29 Å². The summed E-state index contributed by atoms with van der Waals surface area (Å²) in [5.74, 6) is -8.27. The highest BCUT2D eigenvalue weighted by molar-refractivity contribution is 6.58. The maximum atomic E-state index is 14.2. The maximum absolute atomic E-state index is 14.2. The Hall–Kier alpha value is -3.47. The van der Waals surface area contributed by atoms with Gasteiger partial charge in [-0.2, -0.15) is 5.06 Å². The van der Waals surface area contributed by atoms with E-state index in [9.17, 15) is 33.9 Å². The predicted octanol–water partition coefficient (Wildman–Crippen LogP) is 3.49. The van der Waals surface area contributed by atoms with Crippen molar-refractivity contribution in [2.75, 3.05) is 12.0 Å².